The van der Waals surface area contributed by atoms with Gasteiger partial charge in [0.15, 0.2) is 0 Å². The zero-order chi connectivity index (χ0) is 21.5. The lowest BCUT2D eigenvalue weighted by Gasteiger charge is -2.21. The molecule has 0 aliphatic carbocycles. The molecule has 156 valence electrons. The van der Waals surface area contributed by atoms with E-state index in [9.17, 15) is 43.9 Å². The summed E-state index contributed by atoms with van der Waals surface area (Å²) in [7, 11) is 0. The average molecular weight is 423 g/mol. The Morgan fingerprint density at radius 2 is 1.39 bits per heavy atom. The SMILES string of the molecule is Cc1ccccc1NCn1nc(C(F)(F)C(F)(F)F)cc1C(F)(F)C(F)(F)F. The first-order chi connectivity index (χ1) is 12.6. The molecule has 0 aliphatic rings. The maximum absolute atomic E-state index is 13.7. The molecule has 1 aromatic heterocycles. The molecule has 0 bridgehead atoms. The summed E-state index contributed by atoms with van der Waals surface area (Å²) >= 11 is 0. The number of hydrogen-bond donors (Lipinski definition) is 1. The second-order valence-corrected chi connectivity index (χ2v) is 5.71. The van der Waals surface area contributed by atoms with Gasteiger partial charge in [-0.2, -0.15) is 49.0 Å². The second kappa shape index (κ2) is 6.85. The van der Waals surface area contributed by atoms with Crippen molar-refractivity contribution in [2.24, 2.45) is 0 Å². The summed E-state index contributed by atoms with van der Waals surface area (Å²) in [5.41, 5.74) is -3.69. The molecule has 1 N–H and O–H groups in total. The third kappa shape index (κ3) is 3.87. The lowest BCUT2D eigenvalue weighted by Crippen LogP contribution is -2.36. The quantitative estimate of drug-likeness (QED) is 0.638. The first kappa shape index (κ1) is 21.8. The van der Waals surface area contributed by atoms with Crippen LogP contribution in [0, 0.1) is 6.92 Å². The molecule has 0 saturated carbocycles. The Balaban J connectivity index is 2.52. The van der Waals surface area contributed by atoms with E-state index in [2.05, 4.69) is 10.4 Å². The van der Waals surface area contributed by atoms with Crippen molar-refractivity contribution < 1.29 is 43.9 Å². The number of aryl methyl sites for hydroxylation is 1. The van der Waals surface area contributed by atoms with Crippen molar-refractivity contribution in [2.75, 3.05) is 5.32 Å². The summed E-state index contributed by atoms with van der Waals surface area (Å²) in [6, 6.07) is 5.40. The molecule has 3 nitrogen and oxygen atoms in total. The second-order valence-electron chi connectivity index (χ2n) is 5.71. The fourth-order valence-electron chi connectivity index (χ4n) is 2.17. The van der Waals surface area contributed by atoms with Crippen molar-refractivity contribution in [3.63, 3.8) is 0 Å². The van der Waals surface area contributed by atoms with E-state index in [4.69, 9.17) is 0 Å². The van der Waals surface area contributed by atoms with Crippen molar-refractivity contribution in [3.8, 4) is 0 Å². The van der Waals surface area contributed by atoms with Crippen LogP contribution in [0.4, 0.5) is 49.6 Å². The summed E-state index contributed by atoms with van der Waals surface area (Å²) in [6.07, 6.45) is -12.5. The number of aromatic nitrogens is 2. The highest BCUT2D eigenvalue weighted by Crippen LogP contribution is 2.48. The Bertz CT molecular complexity index is 835. The van der Waals surface area contributed by atoms with Crippen molar-refractivity contribution in [3.05, 3.63) is 47.3 Å². The molecular weight excluding hydrogens is 412 g/mol. The smallest absolute Gasteiger partial charge is 0.366 e. The average Bonchev–Trinajstić information content (AvgIpc) is 2.97. The van der Waals surface area contributed by atoms with Crippen LogP contribution in [0.5, 0.6) is 0 Å². The van der Waals surface area contributed by atoms with Gasteiger partial charge >= 0.3 is 24.2 Å². The molecule has 0 radical (unpaired) electrons. The summed E-state index contributed by atoms with van der Waals surface area (Å²) < 4.78 is 129. The van der Waals surface area contributed by atoms with Gasteiger partial charge in [0.25, 0.3) is 0 Å². The highest BCUT2D eigenvalue weighted by Gasteiger charge is 2.64. The van der Waals surface area contributed by atoms with Crippen molar-refractivity contribution >= 4 is 5.69 Å². The van der Waals surface area contributed by atoms with Gasteiger partial charge in [-0.1, -0.05) is 18.2 Å². The van der Waals surface area contributed by atoms with Crippen molar-refractivity contribution in [1.29, 1.82) is 0 Å². The minimum absolute atomic E-state index is 0.225. The minimum atomic E-state index is -6.24. The van der Waals surface area contributed by atoms with E-state index in [0.29, 0.717) is 5.56 Å². The summed E-state index contributed by atoms with van der Waals surface area (Å²) in [4.78, 5) is 0. The molecule has 1 heterocycles. The zero-order valence-corrected chi connectivity index (χ0v) is 13.8. The first-order valence-electron chi connectivity index (χ1n) is 7.36. The van der Waals surface area contributed by atoms with Crippen LogP contribution < -0.4 is 5.32 Å². The number of benzene rings is 1. The summed E-state index contributed by atoms with van der Waals surface area (Å²) in [5, 5.41) is 5.05. The van der Waals surface area contributed by atoms with E-state index in [1.807, 2.05) is 0 Å². The van der Waals surface area contributed by atoms with E-state index in [-0.39, 0.29) is 10.4 Å². The number of nitrogens with one attached hydrogen (secondary N) is 1. The Morgan fingerprint density at radius 1 is 0.857 bits per heavy atom. The van der Waals surface area contributed by atoms with Crippen LogP contribution in [0.1, 0.15) is 17.0 Å². The van der Waals surface area contributed by atoms with Crippen molar-refractivity contribution in [1.82, 2.24) is 9.78 Å². The molecule has 0 unspecified atom stereocenters. The van der Waals surface area contributed by atoms with Gasteiger partial charge in [0.1, 0.15) is 18.1 Å². The van der Waals surface area contributed by atoms with E-state index in [1.54, 1.807) is 19.1 Å². The third-order valence-corrected chi connectivity index (χ3v) is 3.70. The Labute approximate surface area is 150 Å². The molecule has 0 fully saturated rings. The largest absolute Gasteiger partial charge is 0.459 e. The monoisotopic (exact) mass is 423 g/mol. The lowest BCUT2D eigenvalue weighted by atomic mass is 10.1. The predicted molar refractivity (Wildman–Crippen MR) is 76.9 cm³/mol. The van der Waals surface area contributed by atoms with Crippen LogP contribution >= 0.6 is 0 Å². The molecule has 0 spiro atoms. The van der Waals surface area contributed by atoms with Gasteiger partial charge in [-0.15, -0.1) is 0 Å². The maximum Gasteiger partial charge on any atom is 0.459 e. The minimum Gasteiger partial charge on any atom is -0.366 e. The van der Waals surface area contributed by atoms with Gasteiger partial charge in [-0.3, -0.25) is 0 Å². The van der Waals surface area contributed by atoms with Gasteiger partial charge in [0.2, 0.25) is 0 Å². The molecule has 0 amide bonds. The fourth-order valence-corrected chi connectivity index (χ4v) is 2.17. The van der Waals surface area contributed by atoms with Crippen LogP contribution in [0.2, 0.25) is 0 Å². The van der Waals surface area contributed by atoms with Crippen LogP contribution in [0.3, 0.4) is 0 Å². The highest BCUT2D eigenvalue weighted by atomic mass is 19.4. The number of hydrogen-bond acceptors (Lipinski definition) is 2. The predicted octanol–water partition coefficient (Wildman–Crippen LogP) is 5.57. The molecule has 28 heavy (non-hydrogen) atoms. The fraction of sp³-hybridized carbons (Fsp3) is 0.400. The van der Waals surface area contributed by atoms with Gasteiger partial charge in [0, 0.05) is 5.69 Å². The lowest BCUT2D eigenvalue weighted by molar-refractivity contribution is -0.292. The van der Waals surface area contributed by atoms with Gasteiger partial charge in [-0.25, -0.2) is 4.68 Å². The van der Waals surface area contributed by atoms with E-state index in [0.717, 1.165) is 0 Å². The number of para-hydroxylation sites is 1. The normalized spacial score (nSPS) is 13.7. The summed E-state index contributed by atoms with van der Waals surface area (Å²) in [6.45, 7) is 0.527. The molecule has 2 rings (SSSR count). The number of nitrogens with zero attached hydrogens (tertiary/aromatic N) is 2. The molecule has 1 aromatic carbocycles. The Hall–Kier alpha value is -2.47. The first-order valence-corrected chi connectivity index (χ1v) is 7.36. The van der Waals surface area contributed by atoms with Crippen LogP contribution in [-0.2, 0) is 18.5 Å². The van der Waals surface area contributed by atoms with Crippen molar-refractivity contribution in [2.45, 2.75) is 37.8 Å². The number of halogens is 10. The Kier molecular flexibility index (Phi) is 5.34. The maximum atomic E-state index is 13.7. The van der Waals surface area contributed by atoms with Crippen LogP contribution in [0.25, 0.3) is 0 Å². The molecule has 0 atom stereocenters. The molecule has 2 aromatic rings. The topological polar surface area (TPSA) is 29.9 Å². The van der Waals surface area contributed by atoms with E-state index >= 15 is 0 Å². The Morgan fingerprint density at radius 3 is 1.89 bits per heavy atom. The van der Waals surface area contributed by atoms with Crippen LogP contribution in [0.15, 0.2) is 30.3 Å². The molecule has 0 aliphatic heterocycles. The number of anilines is 1. The molecule has 0 saturated heterocycles. The molecular formula is C15H11F10N3. The van der Waals surface area contributed by atoms with E-state index < -0.39 is 48.3 Å². The van der Waals surface area contributed by atoms with Gasteiger partial charge in [-0.05, 0) is 24.6 Å². The number of rotatable bonds is 5. The highest BCUT2D eigenvalue weighted by molar-refractivity contribution is 5.49. The van der Waals surface area contributed by atoms with Gasteiger partial charge < -0.3 is 5.32 Å². The third-order valence-electron chi connectivity index (χ3n) is 3.70. The van der Waals surface area contributed by atoms with Crippen LogP contribution in [-0.4, -0.2) is 22.1 Å². The summed E-state index contributed by atoms with van der Waals surface area (Å²) in [5.74, 6) is -11.4. The standard InChI is InChI=1S/C15H11F10N3/c1-8-4-2-3-5-9(8)26-7-28-11(13(18,19)15(23,24)25)6-10(27-28)12(16,17)14(20,21)22/h2-6,26H,7H2,1H3. The van der Waals surface area contributed by atoms with Gasteiger partial charge in [0.05, 0.1) is 0 Å². The molecule has 13 heteroatoms. The zero-order valence-electron chi connectivity index (χ0n) is 13.8. The van der Waals surface area contributed by atoms with E-state index in [1.165, 1.54) is 12.1 Å². The number of alkyl halides is 10.